The predicted octanol–water partition coefficient (Wildman–Crippen LogP) is 2.60. The highest BCUT2D eigenvalue weighted by Crippen LogP contribution is 2.15. The summed E-state index contributed by atoms with van der Waals surface area (Å²) in [5, 5.41) is 13.3. The van der Waals surface area contributed by atoms with Crippen molar-refractivity contribution in [3.8, 4) is 0 Å². The van der Waals surface area contributed by atoms with Gasteiger partial charge in [0.15, 0.2) is 0 Å². The second kappa shape index (κ2) is 6.41. The van der Waals surface area contributed by atoms with Crippen molar-refractivity contribution in [1.29, 1.82) is 0 Å². The molecule has 0 aliphatic carbocycles. The van der Waals surface area contributed by atoms with E-state index in [1.54, 1.807) is 24.5 Å². The molecule has 0 aliphatic heterocycles. The van der Waals surface area contributed by atoms with E-state index >= 15 is 0 Å². The normalized spacial score (nSPS) is 14.1. The third-order valence-corrected chi connectivity index (χ3v) is 3.08. The van der Waals surface area contributed by atoms with E-state index in [0.29, 0.717) is 12.1 Å². The maximum atomic E-state index is 12.8. The molecule has 19 heavy (non-hydrogen) atoms. The van der Waals surface area contributed by atoms with E-state index in [1.165, 1.54) is 12.1 Å². The van der Waals surface area contributed by atoms with E-state index in [1.807, 2.05) is 19.1 Å². The summed E-state index contributed by atoms with van der Waals surface area (Å²) in [6.07, 6.45) is 2.83. The third-order valence-electron chi connectivity index (χ3n) is 3.08. The van der Waals surface area contributed by atoms with Gasteiger partial charge in [0.05, 0.1) is 6.10 Å². The standard InChI is InChI=1S/C15H17FN2O/c1-11(12-6-8-17-9-7-12)18-10-15(19)13-2-4-14(16)5-3-13/h2-9,11,15,18-19H,10H2,1H3. The van der Waals surface area contributed by atoms with Crippen LogP contribution in [0.25, 0.3) is 0 Å². The van der Waals surface area contributed by atoms with Crippen LogP contribution in [0.15, 0.2) is 48.8 Å². The highest BCUT2D eigenvalue weighted by atomic mass is 19.1. The first kappa shape index (κ1) is 13.6. The summed E-state index contributed by atoms with van der Waals surface area (Å²) in [7, 11) is 0. The Morgan fingerprint density at radius 3 is 2.37 bits per heavy atom. The molecule has 4 heteroatoms. The number of aliphatic hydroxyl groups excluding tert-OH is 1. The largest absolute Gasteiger partial charge is 0.387 e. The molecule has 0 radical (unpaired) electrons. The summed E-state index contributed by atoms with van der Waals surface area (Å²) in [5.41, 5.74) is 1.82. The van der Waals surface area contributed by atoms with E-state index in [9.17, 15) is 9.50 Å². The molecular weight excluding hydrogens is 243 g/mol. The van der Waals surface area contributed by atoms with E-state index in [4.69, 9.17) is 0 Å². The summed E-state index contributed by atoms with van der Waals surface area (Å²) in [6, 6.07) is 9.88. The lowest BCUT2D eigenvalue weighted by atomic mass is 10.1. The van der Waals surface area contributed by atoms with Gasteiger partial charge < -0.3 is 10.4 Å². The molecule has 3 nitrogen and oxygen atoms in total. The molecule has 0 spiro atoms. The summed E-state index contributed by atoms with van der Waals surface area (Å²) >= 11 is 0. The number of aliphatic hydroxyl groups is 1. The molecule has 0 saturated heterocycles. The van der Waals surface area contributed by atoms with Crippen LogP contribution in [0.1, 0.15) is 30.2 Å². The Balaban J connectivity index is 1.90. The number of aromatic nitrogens is 1. The van der Waals surface area contributed by atoms with E-state index in [2.05, 4.69) is 10.3 Å². The zero-order chi connectivity index (χ0) is 13.7. The summed E-state index contributed by atoms with van der Waals surface area (Å²) in [6.45, 7) is 2.43. The van der Waals surface area contributed by atoms with Crippen LogP contribution < -0.4 is 5.32 Å². The van der Waals surface area contributed by atoms with Crippen LogP contribution in [0.3, 0.4) is 0 Å². The van der Waals surface area contributed by atoms with Crippen LogP contribution in [0, 0.1) is 5.82 Å². The van der Waals surface area contributed by atoms with Crippen LogP contribution in [0.5, 0.6) is 0 Å². The minimum atomic E-state index is -0.648. The van der Waals surface area contributed by atoms with Crippen molar-refractivity contribution in [2.45, 2.75) is 19.1 Å². The fourth-order valence-corrected chi connectivity index (χ4v) is 1.86. The van der Waals surface area contributed by atoms with Crippen molar-refractivity contribution in [3.05, 3.63) is 65.7 Å². The molecule has 2 aromatic rings. The average Bonchev–Trinajstić information content (AvgIpc) is 2.46. The van der Waals surface area contributed by atoms with Gasteiger partial charge in [-0.15, -0.1) is 0 Å². The first-order valence-corrected chi connectivity index (χ1v) is 6.23. The van der Waals surface area contributed by atoms with Gasteiger partial charge in [0.25, 0.3) is 0 Å². The molecule has 0 fully saturated rings. The molecule has 0 amide bonds. The lowest BCUT2D eigenvalue weighted by Gasteiger charge is -2.17. The predicted molar refractivity (Wildman–Crippen MR) is 72.0 cm³/mol. The number of pyridine rings is 1. The van der Waals surface area contributed by atoms with Crippen LogP contribution in [-0.4, -0.2) is 16.6 Å². The molecule has 2 rings (SSSR count). The fourth-order valence-electron chi connectivity index (χ4n) is 1.86. The van der Waals surface area contributed by atoms with Gasteiger partial charge >= 0.3 is 0 Å². The average molecular weight is 260 g/mol. The van der Waals surface area contributed by atoms with Crippen molar-refractivity contribution in [2.24, 2.45) is 0 Å². The van der Waals surface area contributed by atoms with Gasteiger partial charge in [-0.2, -0.15) is 0 Å². The quantitative estimate of drug-likeness (QED) is 0.868. The number of hydrogen-bond donors (Lipinski definition) is 2. The smallest absolute Gasteiger partial charge is 0.123 e. The van der Waals surface area contributed by atoms with Crippen molar-refractivity contribution in [3.63, 3.8) is 0 Å². The Bertz CT molecular complexity index is 501. The topological polar surface area (TPSA) is 45.1 Å². The second-order valence-electron chi connectivity index (χ2n) is 4.48. The van der Waals surface area contributed by atoms with Gasteiger partial charge in [-0.3, -0.25) is 4.98 Å². The maximum Gasteiger partial charge on any atom is 0.123 e. The van der Waals surface area contributed by atoms with Crippen molar-refractivity contribution >= 4 is 0 Å². The number of nitrogens with zero attached hydrogens (tertiary/aromatic N) is 1. The van der Waals surface area contributed by atoms with Gasteiger partial charge in [-0.05, 0) is 42.3 Å². The second-order valence-corrected chi connectivity index (χ2v) is 4.48. The summed E-state index contributed by atoms with van der Waals surface area (Å²) in [4.78, 5) is 3.97. The van der Waals surface area contributed by atoms with Crippen molar-refractivity contribution in [2.75, 3.05) is 6.54 Å². The molecule has 0 saturated carbocycles. The lowest BCUT2D eigenvalue weighted by molar-refractivity contribution is 0.170. The monoisotopic (exact) mass is 260 g/mol. The SMILES string of the molecule is CC(NCC(O)c1ccc(F)cc1)c1ccncc1. The van der Waals surface area contributed by atoms with Crippen LogP contribution in [0.4, 0.5) is 4.39 Å². The number of rotatable bonds is 5. The van der Waals surface area contributed by atoms with Gasteiger partial charge in [0.1, 0.15) is 5.82 Å². The Labute approximate surface area is 112 Å². The van der Waals surface area contributed by atoms with Crippen LogP contribution in [0.2, 0.25) is 0 Å². The molecule has 100 valence electrons. The molecule has 2 N–H and O–H groups in total. The summed E-state index contributed by atoms with van der Waals surface area (Å²) < 4.78 is 12.8. The zero-order valence-corrected chi connectivity index (χ0v) is 10.8. The van der Waals surface area contributed by atoms with Gasteiger partial charge in [0, 0.05) is 25.0 Å². The molecule has 1 aromatic heterocycles. The molecular formula is C15H17FN2O. The van der Waals surface area contributed by atoms with Crippen LogP contribution in [-0.2, 0) is 0 Å². The van der Waals surface area contributed by atoms with E-state index < -0.39 is 6.10 Å². The van der Waals surface area contributed by atoms with Crippen molar-refractivity contribution < 1.29 is 9.50 Å². The minimum absolute atomic E-state index is 0.123. The highest BCUT2D eigenvalue weighted by molar-refractivity contribution is 5.19. The number of benzene rings is 1. The molecule has 0 bridgehead atoms. The first-order chi connectivity index (χ1) is 9.16. The molecule has 1 aromatic carbocycles. The fraction of sp³-hybridized carbons (Fsp3) is 0.267. The molecule has 0 aliphatic rings. The lowest BCUT2D eigenvalue weighted by Crippen LogP contribution is -2.24. The minimum Gasteiger partial charge on any atom is -0.387 e. The van der Waals surface area contributed by atoms with E-state index in [0.717, 1.165) is 5.56 Å². The molecule has 1 heterocycles. The van der Waals surface area contributed by atoms with Crippen LogP contribution >= 0.6 is 0 Å². The Kier molecular flexibility index (Phi) is 4.60. The third kappa shape index (κ3) is 3.84. The number of halogens is 1. The Morgan fingerprint density at radius 2 is 1.74 bits per heavy atom. The maximum absolute atomic E-state index is 12.8. The van der Waals surface area contributed by atoms with Gasteiger partial charge in [-0.25, -0.2) is 4.39 Å². The molecule has 2 atom stereocenters. The number of hydrogen-bond acceptors (Lipinski definition) is 3. The van der Waals surface area contributed by atoms with E-state index in [-0.39, 0.29) is 11.9 Å². The molecule has 2 unspecified atom stereocenters. The van der Waals surface area contributed by atoms with Gasteiger partial charge in [-0.1, -0.05) is 12.1 Å². The first-order valence-electron chi connectivity index (χ1n) is 6.23. The summed E-state index contributed by atoms with van der Waals surface area (Å²) in [5.74, 6) is -0.297. The Morgan fingerprint density at radius 1 is 1.11 bits per heavy atom. The van der Waals surface area contributed by atoms with Gasteiger partial charge in [0.2, 0.25) is 0 Å². The zero-order valence-electron chi connectivity index (χ0n) is 10.8. The Hall–Kier alpha value is -1.78. The van der Waals surface area contributed by atoms with Crippen molar-refractivity contribution in [1.82, 2.24) is 10.3 Å². The highest BCUT2D eigenvalue weighted by Gasteiger charge is 2.10. The number of nitrogens with one attached hydrogen (secondary N) is 1.